The van der Waals surface area contributed by atoms with Crippen LogP contribution in [0.3, 0.4) is 0 Å². The normalized spacial score (nSPS) is 13.6. The molecule has 0 aromatic heterocycles. The van der Waals surface area contributed by atoms with Gasteiger partial charge in [0.05, 0.1) is 0 Å². The Balaban J connectivity index is 0. The van der Waals surface area contributed by atoms with E-state index < -0.39 is 14.8 Å². The first kappa shape index (κ1) is 25.3. The zero-order valence-corrected chi connectivity index (χ0v) is 20.7. The van der Waals surface area contributed by atoms with Gasteiger partial charge in [0.1, 0.15) is 0 Å². The smallest absolute Gasteiger partial charge is 0.164 e. The van der Waals surface area contributed by atoms with Crippen LogP contribution in [-0.2, 0) is 0 Å². The molecule has 22 heavy (non-hydrogen) atoms. The third kappa shape index (κ3) is 6.14. The largest absolute Gasteiger partial charge is 0.166 e. The summed E-state index contributed by atoms with van der Waals surface area (Å²) in [7, 11) is -3.02. The highest BCUT2D eigenvalue weighted by Crippen LogP contribution is 2.45. The molecule has 0 bridgehead atoms. The van der Waals surface area contributed by atoms with Crippen molar-refractivity contribution in [1.29, 1.82) is 0 Å². The summed E-state index contributed by atoms with van der Waals surface area (Å²) in [5.41, 5.74) is 4.11. The molecular formula is C18H42Cl2Si2. The first-order valence-corrected chi connectivity index (χ1v) is 15.5. The van der Waals surface area contributed by atoms with E-state index in [0.29, 0.717) is 33.2 Å². The van der Waals surface area contributed by atoms with Crippen molar-refractivity contribution in [3.8, 4) is 0 Å². The van der Waals surface area contributed by atoms with Crippen molar-refractivity contribution >= 4 is 36.9 Å². The molecule has 0 heterocycles. The number of halogens is 2. The van der Waals surface area contributed by atoms with Crippen LogP contribution in [0.15, 0.2) is 0 Å². The summed E-state index contributed by atoms with van der Waals surface area (Å²) in [6.07, 6.45) is 0. The van der Waals surface area contributed by atoms with Gasteiger partial charge >= 0.3 is 0 Å². The van der Waals surface area contributed by atoms with E-state index in [9.17, 15) is 0 Å². The lowest BCUT2D eigenvalue weighted by atomic mass is 10.5. The maximum absolute atomic E-state index is 6.68. The van der Waals surface area contributed by atoms with Crippen molar-refractivity contribution in [2.24, 2.45) is 0 Å². The highest BCUT2D eigenvalue weighted by Gasteiger charge is 2.41. The summed E-state index contributed by atoms with van der Waals surface area (Å²) in [5.74, 6) is 0. The van der Waals surface area contributed by atoms with Gasteiger partial charge in [-0.2, -0.15) is 22.2 Å². The molecule has 0 amide bonds. The summed E-state index contributed by atoms with van der Waals surface area (Å²) < 4.78 is 0. The first-order valence-electron chi connectivity index (χ1n) is 9.04. The predicted molar refractivity (Wildman–Crippen MR) is 114 cm³/mol. The lowest BCUT2D eigenvalue weighted by molar-refractivity contribution is 0.849. The lowest BCUT2D eigenvalue weighted by Gasteiger charge is -2.36. The molecule has 0 radical (unpaired) electrons. The summed E-state index contributed by atoms with van der Waals surface area (Å²) in [4.78, 5) is 0. The Labute approximate surface area is 153 Å². The van der Waals surface area contributed by atoms with Crippen molar-refractivity contribution < 1.29 is 0 Å². The van der Waals surface area contributed by atoms with Crippen molar-refractivity contribution in [3.05, 3.63) is 0 Å². The molecule has 4 heteroatoms. The molecule has 0 aliphatic heterocycles. The summed E-state index contributed by atoms with van der Waals surface area (Å²) >= 11 is 13.4. The lowest BCUT2D eigenvalue weighted by Crippen LogP contribution is -2.37. The average Bonchev–Trinajstić information content (AvgIpc) is 2.35. The van der Waals surface area contributed by atoms with Gasteiger partial charge in [-0.3, -0.25) is 0 Å². The van der Waals surface area contributed by atoms with Crippen molar-refractivity contribution in [2.45, 2.75) is 116 Å². The van der Waals surface area contributed by atoms with Crippen LogP contribution in [0.1, 0.15) is 83.1 Å². The van der Waals surface area contributed by atoms with Gasteiger partial charge in [0.15, 0.2) is 14.8 Å². The Morgan fingerprint density at radius 2 is 0.455 bits per heavy atom. The maximum Gasteiger partial charge on any atom is 0.164 e. The standard InChI is InChI=1S/2C9H21ClSi/c2*1-7(2)11(10,8(3)4)9(5)6/h2*7-9H,1-6H3. The predicted octanol–water partition coefficient (Wildman–Crippen LogP) is 8.80. The third-order valence-corrected chi connectivity index (χ3v) is 23.8. The molecule has 136 valence electrons. The first-order chi connectivity index (χ1) is 9.66. The fraction of sp³-hybridized carbons (Fsp3) is 1.00. The quantitative estimate of drug-likeness (QED) is 0.316. The van der Waals surface area contributed by atoms with Crippen LogP contribution in [-0.4, -0.2) is 14.8 Å². The molecule has 0 fully saturated rings. The van der Waals surface area contributed by atoms with Gasteiger partial charge in [-0.15, -0.1) is 0 Å². The molecule has 0 aromatic rings. The van der Waals surface area contributed by atoms with Crippen molar-refractivity contribution in [1.82, 2.24) is 0 Å². The van der Waals surface area contributed by atoms with Crippen molar-refractivity contribution in [2.75, 3.05) is 0 Å². The Morgan fingerprint density at radius 1 is 0.364 bits per heavy atom. The van der Waals surface area contributed by atoms with E-state index in [4.69, 9.17) is 22.2 Å². The Hall–Kier alpha value is 1.01. The van der Waals surface area contributed by atoms with Crippen molar-refractivity contribution in [3.63, 3.8) is 0 Å². The SMILES string of the molecule is CC(C)[Si](Cl)(C(C)C)C(C)C.CC(C)[Si](Cl)(C(C)C)C(C)C. The minimum atomic E-state index is -1.51. The van der Waals surface area contributed by atoms with Gasteiger partial charge in [-0.1, -0.05) is 83.1 Å². The maximum atomic E-state index is 6.68. The molecule has 0 unspecified atom stereocenters. The Bertz CT molecular complexity index is 224. The van der Waals surface area contributed by atoms with Crippen LogP contribution in [0.2, 0.25) is 33.2 Å². The van der Waals surface area contributed by atoms with Gasteiger partial charge in [0.2, 0.25) is 0 Å². The van der Waals surface area contributed by atoms with Crippen LogP contribution in [0.4, 0.5) is 0 Å². The molecular weight excluding hydrogens is 343 g/mol. The Morgan fingerprint density at radius 3 is 0.455 bits per heavy atom. The number of rotatable bonds is 6. The second-order valence-corrected chi connectivity index (χ2v) is 22.7. The van der Waals surface area contributed by atoms with Crippen LogP contribution < -0.4 is 0 Å². The van der Waals surface area contributed by atoms with Gasteiger partial charge in [0.25, 0.3) is 0 Å². The highest BCUT2D eigenvalue weighted by atomic mass is 35.6. The van der Waals surface area contributed by atoms with E-state index in [0.717, 1.165) is 0 Å². The van der Waals surface area contributed by atoms with E-state index in [1.54, 1.807) is 0 Å². The monoisotopic (exact) mass is 384 g/mol. The zero-order valence-electron chi connectivity index (χ0n) is 17.2. The molecule has 0 aromatic carbocycles. The van der Waals surface area contributed by atoms with Crippen LogP contribution in [0.25, 0.3) is 0 Å². The van der Waals surface area contributed by atoms with Gasteiger partial charge < -0.3 is 0 Å². The molecule has 0 saturated carbocycles. The van der Waals surface area contributed by atoms with E-state index in [1.807, 2.05) is 0 Å². The minimum absolute atomic E-state index is 0.684. The van der Waals surface area contributed by atoms with E-state index in [2.05, 4.69) is 83.1 Å². The topological polar surface area (TPSA) is 0 Å². The molecule has 0 nitrogen and oxygen atoms in total. The van der Waals surface area contributed by atoms with E-state index in [-0.39, 0.29) is 0 Å². The van der Waals surface area contributed by atoms with Gasteiger partial charge in [-0.05, 0) is 33.2 Å². The van der Waals surface area contributed by atoms with E-state index in [1.165, 1.54) is 0 Å². The second kappa shape index (κ2) is 10.1. The fourth-order valence-electron chi connectivity index (χ4n) is 4.00. The van der Waals surface area contributed by atoms with Crippen LogP contribution in [0, 0.1) is 0 Å². The third-order valence-electron chi connectivity index (χ3n) is 5.31. The zero-order chi connectivity index (χ0) is 18.5. The second-order valence-electron chi connectivity index (χ2n) is 8.58. The number of hydrogen-bond acceptors (Lipinski definition) is 0. The molecule has 0 aliphatic carbocycles. The molecule has 0 aliphatic rings. The molecule has 0 spiro atoms. The minimum Gasteiger partial charge on any atom is -0.166 e. The summed E-state index contributed by atoms with van der Waals surface area (Å²) in [6.45, 7) is 27.2. The highest BCUT2D eigenvalue weighted by molar-refractivity contribution is 7.22. The molecule has 0 rings (SSSR count). The fourth-order valence-corrected chi connectivity index (χ4v) is 12.0. The summed E-state index contributed by atoms with van der Waals surface area (Å²) in [6, 6.07) is 0. The van der Waals surface area contributed by atoms with Gasteiger partial charge in [0, 0.05) is 0 Å². The van der Waals surface area contributed by atoms with E-state index >= 15 is 0 Å². The molecule has 0 saturated heterocycles. The van der Waals surface area contributed by atoms with Crippen LogP contribution in [0.5, 0.6) is 0 Å². The van der Waals surface area contributed by atoms with Crippen LogP contribution >= 0.6 is 22.2 Å². The summed E-state index contributed by atoms with van der Waals surface area (Å²) in [5, 5.41) is 0. The number of hydrogen-bond donors (Lipinski definition) is 0. The Kier molecular flexibility index (Phi) is 11.6. The van der Waals surface area contributed by atoms with Gasteiger partial charge in [-0.25, -0.2) is 0 Å². The molecule has 0 N–H and O–H groups in total. The average molecular weight is 386 g/mol. The molecule has 0 atom stereocenters.